The van der Waals surface area contributed by atoms with E-state index in [0.29, 0.717) is 12.1 Å². The van der Waals surface area contributed by atoms with E-state index < -0.39 is 0 Å². The van der Waals surface area contributed by atoms with E-state index in [1.165, 1.54) is 0 Å². The van der Waals surface area contributed by atoms with E-state index in [2.05, 4.69) is 4.98 Å². The van der Waals surface area contributed by atoms with Gasteiger partial charge in [0.2, 0.25) is 0 Å². The number of pyridine rings is 1. The first-order valence-corrected chi connectivity index (χ1v) is 3.99. The zero-order chi connectivity index (χ0) is 9.68. The molecular weight excluding hydrogens is 162 g/mol. The maximum atomic E-state index is 8.33. The van der Waals surface area contributed by atoms with Crippen molar-refractivity contribution in [2.45, 2.75) is 13.3 Å². The van der Waals surface area contributed by atoms with Crippen LogP contribution in [0.4, 0.5) is 5.69 Å². The Balaban J connectivity index is 2.88. The molecule has 0 aliphatic heterocycles. The van der Waals surface area contributed by atoms with Crippen molar-refractivity contribution in [1.82, 2.24) is 4.98 Å². The summed E-state index contributed by atoms with van der Waals surface area (Å²) in [7, 11) is 0. The number of allylic oxidation sites excluding steroid dienone is 1. The van der Waals surface area contributed by atoms with Crippen LogP contribution in [0.2, 0.25) is 0 Å². The second-order valence-corrected chi connectivity index (χ2v) is 2.71. The number of hydrogen-bond donors (Lipinski definition) is 1. The van der Waals surface area contributed by atoms with Crippen molar-refractivity contribution < 1.29 is 0 Å². The lowest BCUT2D eigenvalue weighted by Gasteiger charge is -1.99. The van der Waals surface area contributed by atoms with E-state index in [9.17, 15) is 0 Å². The van der Waals surface area contributed by atoms with Crippen LogP contribution in [0.15, 0.2) is 18.3 Å². The Morgan fingerprint density at radius 3 is 3.15 bits per heavy atom. The summed E-state index contributed by atoms with van der Waals surface area (Å²) >= 11 is 0. The molecule has 1 aromatic rings. The van der Waals surface area contributed by atoms with Gasteiger partial charge in [-0.3, -0.25) is 4.98 Å². The van der Waals surface area contributed by atoms with Gasteiger partial charge in [0, 0.05) is 5.69 Å². The number of hydrogen-bond acceptors (Lipinski definition) is 3. The first-order valence-electron chi connectivity index (χ1n) is 3.99. The van der Waals surface area contributed by atoms with Gasteiger partial charge in [0.1, 0.15) is 0 Å². The van der Waals surface area contributed by atoms with Gasteiger partial charge < -0.3 is 5.73 Å². The van der Waals surface area contributed by atoms with Crippen molar-refractivity contribution in [3.8, 4) is 6.07 Å². The molecule has 0 saturated heterocycles. The second kappa shape index (κ2) is 4.27. The van der Waals surface area contributed by atoms with E-state index in [4.69, 9.17) is 11.0 Å². The molecule has 1 rings (SSSR count). The number of aromatic nitrogens is 1. The van der Waals surface area contributed by atoms with Crippen molar-refractivity contribution in [2.75, 3.05) is 5.73 Å². The Labute approximate surface area is 77.5 Å². The van der Waals surface area contributed by atoms with Crippen LogP contribution in [-0.2, 0) is 0 Å². The molecule has 0 radical (unpaired) electrons. The van der Waals surface area contributed by atoms with E-state index in [-0.39, 0.29) is 0 Å². The molecule has 0 saturated carbocycles. The molecule has 66 valence electrons. The molecule has 1 heterocycles. The van der Waals surface area contributed by atoms with Gasteiger partial charge in [-0.05, 0) is 18.6 Å². The minimum absolute atomic E-state index is 0.411. The van der Waals surface area contributed by atoms with E-state index in [0.717, 1.165) is 11.3 Å². The molecule has 0 bridgehead atoms. The van der Waals surface area contributed by atoms with Gasteiger partial charge in [-0.2, -0.15) is 5.26 Å². The summed E-state index contributed by atoms with van der Waals surface area (Å²) in [6.45, 7) is 1.91. The Hall–Kier alpha value is -1.82. The number of nitrogen functional groups attached to an aromatic ring is 1. The van der Waals surface area contributed by atoms with Crippen LogP contribution in [0.3, 0.4) is 0 Å². The topological polar surface area (TPSA) is 62.7 Å². The lowest BCUT2D eigenvalue weighted by molar-refractivity contribution is 1.19. The van der Waals surface area contributed by atoms with Crippen LogP contribution in [-0.4, -0.2) is 4.98 Å². The van der Waals surface area contributed by atoms with Crippen molar-refractivity contribution in [3.05, 3.63) is 29.6 Å². The molecule has 1 aromatic heterocycles. The average molecular weight is 173 g/mol. The van der Waals surface area contributed by atoms with Crippen LogP contribution in [0, 0.1) is 18.3 Å². The van der Waals surface area contributed by atoms with Gasteiger partial charge in [-0.1, -0.05) is 12.2 Å². The third kappa shape index (κ3) is 2.60. The summed E-state index contributed by atoms with van der Waals surface area (Å²) in [4.78, 5) is 4.10. The largest absolute Gasteiger partial charge is 0.397 e. The van der Waals surface area contributed by atoms with Crippen LogP contribution >= 0.6 is 0 Å². The molecule has 0 spiro atoms. The van der Waals surface area contributed by atoms with Crippen LogP contribution in [0.5, 0.6) is 0 Å². The number of nitrogens with zero attached hydrogens (tertiary/aromatic N) is 2. The summed E-state index contributed by atoms with van der Waals surface area (Å²) in [5, 5.41) is 8.33. The Kier molecular flexibility index (Phi) is 3.04. The molecule has 0 unspecified atom stereocenters. The summed E-state index contributed by atoms with van der Waals surface area (Å²) in [6, 6.07) is 3.88. The molecule has 0 aromatic carbocycles. The highest BCUT2D eigenvalue weighted by molar-refractivity contribution is 5.56. The second-order valence-electron chi connectivity index (χ2n) is 2.71. The monoisotopic (exact) mass is 173 g/mol. The van der Waals surface area contributed by atoms with Gasteiger partial charge >= 0.3 is 0 Å². The van der Waals surface area contributed by atoms with Gasteiger partial charge in [0.25, 0.3) is 0 Å². The summed E-state index contributed by atoms with van der Waals surface area (Å²) in [5.41, 5.74) is 8.10. The van der Waals surface area contributed by atoms with Gasteiger partial charge in [0.15, 0.2) is 0 Å². The molecule has 3 heteroatoms. The molecule has 0 amide bonds. The first kappa shape index (κ1) is 9.27. The van der Waals surface area contributed by atoms with Gasteiger partial charge in [-0.25, -0.2) is 0 Å². The molecule has 2 N–H and O–H groups in total. The van der Waals surface area contributed by atoms with Crippen LogP contribution in [0.25, 0.3) is 6.08 Å². The number of anilines is 1. The highest BCUT2D eigenvalue weighted by Gasteiger charge is 1.94. The normalized spacial score (nSPS) is 10.2. The smallest absolute Gasteiger partial charge is 0.0663 e. The molecule has 3 nitrogen and oxygen atoms in total. The third-order valence-corrected chi connectivity index (χ3v) is 1.65. The molecule has 0 aliphatic carbocycles. The number of nitrogens with two attached hydrogens (primary N) is 1. The van der Waals surface area contributed by atoms with Crippen molar-refractivity contribution in [2.24, 2.45) is 0 Å². The predicted octanol–water partition coefficient (Wildman–Crippen LogP) is 1.90. The average Bonchev–Trinajstić information content (AvgIpc) is 2.11. The van der Waals surface area contributed by atoms with Crippen molar-refractivity contribution >= 4 is 11.8 Å². The van der Waals surface area contributed by atoms with Crippen LogP contribution < -0.4 is 5.73 Å². The molecule has 0 atom stereocenters. The lowest BCUT2D eigenvalue weighted by Crippen LogP contribution is -1.91. The van der Waals surface area contributed by atoms with E-state index in [1.807, 2.05) is 25.1 Å². The lowest BCUT2D eigenvalue weighted by atomic mass is 10.1. The van der Waals surface area contributed by atoms with Crippen molar-refractivity contribution in [1.29, 1.82) is 5.26 Å². The van der Waals surface area contributed by atoms with E-state index >= 15 is 0 Å². The Morgan fingerprint density at radius 1 is 1.69 bits per heavy atom. The quantitative estimate of drug-likeness (QED) is 0.742. The van der Waals surface area contributed by atoms with Crippen LogP contribution in [0.1, 0.15) is 17.7 Å². The molecular formula is C10H11N3. The number of nitriles is 1. The third-order valence-electron chi connectivity index (χ3n) is 1.65. The Morgan fingerprint density at radius 2 is 2.46 bits per heavy atom. The summed E-state index contributed by atoms with van der Waals surface area (Å²) in [5.74, 6) is 0. The van der Waals surface area contributed by atoms with Gasteiger partial charge in [0.05, 0.1) is 24.4 Å². The highest BCUT2D eigenvalue weighted by Crippen LogP contribution is 2.11. The maximum absolute atomic E-state index is 8.33. The zero-order valence-corrected chi connectivity index (χ0v) is 7.49. The fourth-order valence-electron chi connectivity index (χ4n) is 0.974. The fraction of sp³-hybridized carbons (Fsp3) is 0.200. The Bertz CT molecular complexity index is 361. The minimum Gasteiger partial charge on any atom is -0.397 e. The summed E-state index contributed by atoms with van der Waals surface area (Å²) in [6.07, 6.45) is 5.69. The van der Waals surface area contributed by atoms with Gasteiger partial charge in [-0.15, -0.1) is 0 Å². The summed E-state index contributed by atoms with van der Waals surface area (Å²) < 4.78 is 0. The SMILES string of the molecule is Cc1ncc(N)cc1C=CCC#N. The molecule has 13 heavy (non-hydrogen) atoms. The number of rotatable bonds is 2. The first-order chi connectivity index (χ1) is 6.24. The fourth-order valence-corrected chi connectivity index (χ4v) is 0.974. The predicted molar refractivity (Wildman–Crippen MR) is 52.7 cm³/mol. The maximum Gasteiger partial charge on any atom is 0.0663 e. The van der Waals surface area contributed by atoms with E-state index in [1.54, 1.807) is 12.3 Å². The molecule has 0 fully saturated rings. The number of aryl methyl sites for hydroxylation is 1. The van der Waals surface area contributed by atoms with Crippen molar-refractivity contribution in [3.63, 3.8) is 0 Å². The zero-order valence-electron chi connectivity index (χ0n) is 7.49. The standard InChI is InChI=1S/C10H11N3/c1-8-9(4-2-3-5-11)6-10(12)7-13-8/h2,4,6-7H,3,12H2,1H3. The minimum atomic E-state index is 0.411. The highest BCUT2D eigenvalue weighted by atomic mass is 14.7. The molecule has 0 aliphatic rings.